The van der Waals surface area contributed by atoms with Gasteiger partial charge in [0.15, 0.2) is 0 Å². The molecule has 0 aromatic heterocycles. The first-order valence-electron chi connectivity index (χ1n) is 5.61. The van der Waals surface area contributed by atoms with Crippen LogP contribution in [0.2, 0.25) is 0 Å². The van der Waals surface area contributed by atoms with Crippen LogP contribution in [0.4, 0.5) is 0 Å². The Balaban J connectivity index is 0. The third kappa shape index (κ3) is 10.3. The maximum absolute atomic E-state index is 8.74. The average molecular weight is 238 g/mol. The molecule has 0 radical (unpaired) electrons. The van der Waals surface area contributed by atoms with Crippen LogP contribution in [0.5, 0.6) is 0 Å². The van der Waals surface area contributed by atoms with Gasteiger partial charge < -0.3 is 25.5 Å². The summed E-state index contributed by atoms with van der Waals surface area (Å²) in [6, 6.07) is 0. The zero-order valence-electron chi connectivity index (χ0n) is 10.3. The Bertz CT molecular complexity index is 128. The molecular weight excluding hydrogens is 212 g/mol. The molecule has 1 atom stereocenters. The fourth-order valence-electron chi connectivity index (χ4n) is 0.681. The van der Waals surface area contributed by atoms with E-state index in [1.165, 1.54) is 0 Å². The van der Waals surface area contributed by atoms with Crippen molar-refractivity contribution in [3.63, 3.8) is 0 Å². The van der Waals surface area contributed by atoms with Crippen molar-refractivity contribution in [3.05, 3.63) is 0 Å². The van der Waals surface area contributed by atoms with Gasteiger partial charge in [-0.05, 0) is 6.42 Å². The van der Waals surface area contributed by atoms with Crippen LogP contribution in [0.1, 0.15) is 33.1 Å². The van der Waals surface area contributed by atoms with E-state index in [0.717, 1.165) is 19.3 Å². The number of hydrogen-bond acceptors (Lipinski definition) is 5. The van der Waals surface area contributed by atoms with Gasteiger partial charge in [0.25, 0.3) is 0 Å². The summed E-state index contributed by atoms with van der Waals surface area (Å²) in [5.41, 5.74) is -0.708. The van der Waals surface area contributed by atoms with E-state index < -0.39 is 11.5 Å². The molecule has 1 unspecified atom stereocenters. The molecule has 0 aromatic carbocycles. The van der Waals surface area contributed by atoms with Gasteiger partial charge in [-0.2, -0.15) is 0 Å². The fourth-order valence-corrected chi connectivity index (χ4v) is 0.681. The van der Waals surface area contributed by atoms with Crippen molar-refractivity contribution in [2.45, 2.75) is 39.2 Å². The maximum atomic E-state index is 8.74. The van der Waals surface area contributed by atoms with Gasteiger partial charge in [0, 0.05) is 5.41 Å². The molecule has 0 aliphatic carbocycles. The Morgan fingerprint density at radius 1 is 1.00 bits per heavy atom. The summed E-state index contributed by atoms with van der Waals surface area (Å²) in [6.07, 6.45) is 2.32. The monoisotopic (exact) mass is 238 g/mol. The molecule has 16 heavy (non-hydrogen) atoms. The van der Waals surface area contributed by atoms with Crippen LogP contribution in [0.15, 0.2) is 0 Å². The van der Waals surface area contributed by atoms with Gasteiger partial charge in [-0.3, -0.25) is 0 Å². The highest BCUT2D eigenvalue weighted by Gasteiger charge is 2.20. The van der Waals surface area contributed by atoms with Crippen molar-refractivity contribution < 1.29 is 25.5 Å². The van der Waals surface area contributed by atoms with E-state index in [2.05, 4.69) is 6.92 Å². The largest absolute Gasteiger partial charge is 0.396 e. The summed E-state index contributed by atoms with van der Waals surface area (Å²) in [7, 11) is 0. The molecule has 0 rings (SSSR count). The standard InChI is InChI=1S/C6H14O2.C5H12O3/c1-2-3-4-6(8)5-7;1-5(2-6,3-7)4-8/h6-8H,2-5H2,1H3;6-8H,2-4H2,1H3. The Labute approximate surface area is 97.4 Å². The lowest BCUT2D eigenvalue weighted by atomic mass is 9.95. The van der Waals surface area contributed by atoms with Gasteiger partial charge in [-0.25, -0.2) is 0 Å². The zero-order chi connectivity index (χ0) is 13.0. The van der Waals surface area contributed by atoms with Gasteiger partial charge in [0.05, 0.1) is 32.5 Å². The van der Waals surface area contributed by atoms with Crippen molar-refractivity contribution >= 4 is 0 Å². The lowest BCUT2D eigenvalue weighted by molar-refractivity contribution is 0.0200. The topological polar surface area (TPSA) is 101 Å². The second kappa shape index (κ2) is 11.3. The molecule has 0 heterocycles. The van der Waals surface area contributed by atoms with Crippen LogP contribution >= 0.6 is 0 Å². The van der Waals surface area contributed by atoms with Crippen LogP contribution < -0.4 is 0 Å². The van der Waals surface area contributed by atoms with Crippen LogP contribution in [0.25, 0.3) is 0 Å². The average Bonchev–Trinajstić information content (AvgIpc) is 2.35. The van der Waals surface area contributed by atoms with Gasteiger partial charge in [0.1, 0.15) is 0 Å². The minimum Gasteiger partial charge on any atom is -0.396 e. The minimum atomic E-state index is -0.708. The first-order valence-corrected chi connectivity index (χ1v) is 5.61. The molecule has 0 spiro atoms. The molecular formula is C11H26O5. The SMILES string of the molecule is CC(CO)(CO)CO.CCCCC(O)CO. The molecule has 100 valence electrons. The Hall–Kier alpha value is -0.200. The summed E-state index contributed by atoms with van der Waals surface area (Å²) in [5, 5.41) is 42.4. The molecule has 0 amide bonds. The van der Waals surface area contributed by atoms with Gasteiger partial charge in [-0.1, -0.05) is 26.7 Å². The van der Waals surface area contributed by atoms with E-state index in [9.17, 15) is 0 Å². The number of hydrogen-bond donors (Lipinski definition) is 5. The van der Waals surface area contributed by atoms with Crippen molar-refractivity contribution in [1.29, 1.82) is 0 Å². The van der Waals surface area contributed by atoms with Crippen molar-refractivity contribution in [3.8, 4) is 0 Å². The van der Waals surface area contributed by atoms with E-state index in [4.69, 9.17) is 25.5 Å². The van der Waals surface area contributed by atoms with Crippen molar-refractivity contribution in [1.82, 2.24) is 0 Å². The van der Waals surface area contributed by atoms with Crippen molar-refractivity contribution in [2.75, 3.05) is 26.4 Å². The summed E-state index contributed by atoms with van der Waals surface area (Å²) in [4.78, 5) is 0. The Kier molecular flexibility index (Phi) is 12.8. The number of aliphatic hydroxyl groups is 5. The second-order valence-electron chi connectivity index (χ2n) is 4.26. The van der Waals surface area contributed by atoms with E-state index in [-0.39, 0.29) is 26.4 Å². The smallest absolute Gasteiger partial charge is 0.0770 e. The lowest BCUT2D eigenvalue weighted by Gasteiger charge is -2.20. The van der Waals surface area contributed by atoms with E-state index in [1.54, 1.807) is 6.92 Å². The Morgan fingerprint density at radius 3 is 1.62 bits per heavy atom. The molecule has 0 bridgehead atoms. The first kappa shape index (κ1) is 18.2. The van der Waals surface area contributed by atoms with Crippen molar-refractivity contribution in [2.24, 2.45) is 5.41 Å². The van der Waals surface area contributed by atoms with E-state index in [1.807, 2.05) is 0 Å². The molecule has 0 aliphatic rings. The number of unbranched alkanes of at least 4 members (excludes halogenated alkanes) is 1. The first-order chi connectivity index (χ1) is 7.49. The predicted molar refractivity (Wildman–Crippen MR) is 62.0 cm³/mol. The predicted octanol–water partition coefficient (Wildman–Crippen LogP) is -0.501. The minimum absolute atomic E-state index is 0.0972. The van der Waals surface area contributed by atoms with Crippen LogP contribution in [-0.4, -0.2) is 58.1 Å². The van der Waals surface area contributed by atoms with E-state index >= 15 is 0 Å². The third-order valence-electron chi connectivity index (χ3n) is 2.25. The summed E-state index contributed by atoms with van der Waals surface area (Å²) in [5.74, 6) is 0. The van der Waals surface area contributed by atoms with Crippen LogP contribution in [-0.2, 0) is 0 Å². The third-order valence-corrected chi connectivity index (χ3v) is 2.25. The summed E-state index contributed by atoms with van der Waals surface area (Å²) >= 11 is 0. The van der Waals surface area contributed by atoms with E-state index in [0.29, 0.717) is 0 Å². The van der Waals surface area contributed by atoms with Crippen LogP contribution in [0.3, 0.4) is 0 Å². The highest BCUT2D eigenvalue weighted by molar-refractivity contribution is 4.69. The molecule has 5 N–H and O–H groups in total. The van der Waals surface area contributed by atoms with Crippen LogP contribution in [0, 0.1) is 5.41 Å². The Morgan fingerprint density at radius 2 is 1.44 bits per heavy atom. The lowest BCUT2D eigenvalue weighted by Crippen LogP contribution is -2.29. The molecule has 0 aromatic rings. The number of aliphatic hydroxyl groups excluding tert-OH is 5. The normalized spacial score (nSPS) is 12.9. The highest BCUT2D eigenvalue weighted by atomic mass is 16.3. The summed E-state index contributed by atoms with van der Waals surface area (Å²) in [6.45, 7) is 3.02. The molecule has 5 nitrogen and oxygen atoms in total. The molecule has 5 heteroatoms. The highest BCUT2D eigenvalue weighted by Crippen LogP contribution is 2.10. The van der Waals surface area contributed by atoms with Gasteiger partial charge in [0.2, 0.25) is 0 Å². The fraction of sp³-hybridized carbons (Fsp3) is 1.00. The molecule has 0 fully saturated rings. The van der Waals surface area contributed by atoms with Gasteiger partial charge >= 0.3 is 0 Å². The zero-order valence-corrected chi connectivity index (χ0v) is 10.3. The molecule has 0 saturated heterocycles. The maximum Gasteiger partial charge on any atom is 0.0770 e. The molecule has 0 aliphatic heterocycles. The number of rotatable bonds is 7. The summed E-state index contributed by atoms with van der Waals surface area (Å²) < 4.78 is 0. The second-order valence-corrected chi connectivity index (χ2v) is 4.26. The molecule has 0 saturated carbocycles. The van der Waals surface area contributed by atoms with Gasteiger partial charge in [-0.15, -0.1) is 0 Å². The quantitative estimate of drug-likeness (QED) is 0.411.